The lowest BCUT2D eigenvalue weighted by Crippen LogP contribution is -2.23. The van der Waals surface area contributed by atoms with Crippen LogP contribution in [0.25, 0.3) is 5.69 Å². The predicted molar refractivity (Wildman–Crippen MR) is 65.9 cm³/mol. The maximum atomic E-state index is 2.25. The molecule has 2 rings (SSSR count). The molecule has 16 heavy (non-hydrogen) atoms. The molecule has 1 heterocycles. The Kier molecular flexibility index (Phi) is 2.58. The lowest BCUT2D eigenvalue weighted by atomic mass is 10.0. The molecule has 2 nitrogen and oxygen atoms in total. The lowest BCUT2D eigenvalue weighted by molar-refractivity contribution is -0.670. The number of hydrogen-bond acceptors (Lipinski definition) is 0. The molecule has 0 aliphatic rings. The number of aromatic nitrogens is 2. The molecule has 0 amide bonds. The van der Waals surface area contributed by atoms with Gasteiger partial charge in [-0.05, 0) is 31.9 Å². The van der Waals surface area contributed by atoms with Crippen molar-refractivity contribution < 1.29 is 4.57 Å². The first-order valence-electron chi connectivity index (χ1n) is 5.61. The largest absolute Gasteiger partial charge is 0.248 e. The number of benzene rings is 1. The van der Waals surface area contributed by atoms with Crippen molar-refractivity contribution in [3.8, 4) is 5.69 Å². The first-order chi connectivity index (χ1) is 7.49. The van der Waals surface area contributed by atoms with Crippen LogP contribution in [0.2, 0.25) is 0 Å². The number of imidazole rings is 1. The second-order valence-corrected chi connectivity index (χ2v) is 4.67. The third-order valence-corrected chi connectivity index (χ3v) is 2.94. The molecule has 0 saturated heterocycles. The van der Waals surface area contributed by atoms with Crippen molar-refractivity contribution >= 4 is 0 Å². The van der Waals surface area contributed by atoms with Crippen molar-refractivity contribution in [3.63, 3.8) is 0 Å². The summed E-state index contributed by atoms with van der Waals surface area (Å²) in [6, 6.07) is 4.48. The van der Waals surface area contributed by atoms with Crippen LogP contribution < -0.4 is 4.57 Å². The van der Waals surface area contributed by atoms with Gasteiger partial charge in [0.15, 0.2) is 0 Å². The SMILES string of the molecule is Cc1cc(C)c(-n2c[n+](C)cc2C)c(C)c1. The van der Waals surface area contributed by atoms with Gasteiger partial charge in [0.2, 0.25) is 6.33 Å². The van der Waals surface area contributed by atoms with E-state index in [0.717, 1.165) is 0 Å². The predicted octanol–water partition coefficient (Wildman–Crippen LogP) is 2.54. The van der Waals surface area contributed by atoms with Crippen molar-refractivity contribution in [1.82, 2.24) is 4.57 Å². The molecule has 0 aliphatic heterocycles. The van der Waals surface area contributed by atoms with E-state index in [0.29, 0.717) is 0 Å². The van der Waals surface area contributed by atoms with Gasteiger partial charge < -0.3 is 0 Å². The summed E-state index contributed by atoms with van der Waals surface area (Å²) in [7, 11) is 2.06. The smallest absolute Gasteiger partial charge is 0.239 e. The van der Waals surface area contributed by atoms with Gasteiger partial charge in [0.25, 0.3) is 0 Å². The van der Waals surface area contributed by atoms with Crippen LogP contribution >= 0.6 is 0 Å². The third kappa shape index (κ3) is 1.75. The zero-order valence-corrected chi connectivity index (χ0v) is 10.7. The number of rotatable bonds is 1. The van der Waals surface area contributed by atoms with Gasteiger partial charge in [0.1, 0.15) is 17.6 Å². The van der Waals surface area contributed by atoms with Crippen LogP contribution in [0.3, 0.4) is 0 Å². The van der Waals surface area contributed by atoms with Crippen LogP contribution in [0.1, 0.15) is 22.4 Å². The zero-order valence-electron chi connectivity index (χ0n) is 10.7. The maximum Gasteiger partial charge on any atom is 0.248 e. The molecular weight excluding hydrogens is 196 g/mol. The van der Waals surface area contributed by atoms with E-state index in [2.05, 4.69) is 68.5 Å². The normalized spacial score (nSPS) is 10.8. The van der Waals surface area contributed by atoms with Crippen LogP contribution in [0.15, 0.2) is 24.7 Å². The molecule has 0 spiro atoms. The minimum atomic E-state index is 1.26. The van der Waals surface area contributed by atoms with Gasteiger partial charge in [-0.3, -0.25) is 0 Å². The van der Waals surface area contributed by atoms with Gasteiger partial charge in [0, 0.05) is 6.92 Å². The molecule has 1 aromatic carbocycles. The van der Waals surface area contributed by atoms with E-state index >= 15 is 0 Å². The van der Waals surface area contributed by atoms with Gasteiger partial charge >= 0.3 is 0 Å². The summed E-state index contributed by atoms with van der Waals surface area (Å²) in [5, 5.41) is 0. The molecule has 0 unspecified atom stereocenters. The average molecular weight is 215 g/mol. The van der Waals surface area contributed by atoms with Crippen LogP contribution in [0.4, 0.5) is 0 Å². The van der Waals surface area contributed by atoms with Crippen LogP contribution in [-0.2, 0) is 7.05 Å². The van der Waals surface area contributed by atoms with E-state index in [1.165, 1.54) is 28.1 Å². The molecule has 0 saturated carbocycles. The first-order valence-corrected chi connectivity index (χ1v) is 5.61. The summed E-state index contributed by atoms with van der Waals surface area (Å²) in [5.74, 6) is 0. The van der Waals surface area contributed by atoms with Crippen LogP contribution in [0.5, 0.6) is 0 Å². The summed E-state index contributed by atoms with van der Waals surface area (Å²) in [6.45, 7) is 8.63. The van der Waals surface area contributed by atoms with E-state index in [1.54, 1.807) is 0 Å². The Morgan fingerprint density at radius 3 is 2.00 bits per heavy atom. The Balaban J connectivity index is 2.69. The van der Waals surface area contributed by atoms with Gasteiger partial charge in [-0.2, -0.15) is 4.57 Å². The summed E-state index contributed by atoms with van der Waals surface area (Å²) in [6.07, 6.45) is 4.26. The minimum absolute atomic E-state index is 1.26. The Bertz CT molecular complexity index is 513. The summed E-state index contributed by atoms with van der Waals surface area (Å²) in [4.78, 5) is 0. The Hall–Kier alpha value is -1.57. The zero-order chi connectivity index (χ0) is 11.9. The highest BCUT2D eigenvalue weighted by Crippen LogP contribution is 2.21. The molecular formula is C14H19N2+. The highest BCUT2D eigenvalue weighted by atomic mass is 15.1. The van der Waals surface area contributed by atoms with Crippen LogP contribution in [-0.4, -0.2) is 4.57 Å². The second kappa shape index (κ2) is 3.78. The molecule has 2 heteroatoms. The van der Waals surface area contributed by atoms with E-state index in [9.17, 15) is 0 Å². The van der Waals surface area contributed by atoms with E-state index < -0.39 is 0 Å². The Labute approximate surface area is 97.2 Å². The summed E-state index contributed by atoms with van der Waals surface area (Å²) >= 11 is 0. The van der Waals surface area contributed by atoms with Gasteiger partial charge in [0.05, 0.1) is 7.05 Å². The number of hydrogen-bond donors (Lipinski definition) is 0. The molecule has 2 aromatic rings. The molecule has 0 atom stereocenters. The van der Waals surface area contributed by atoms with Gasteiger partial charge in [-0.1, -0.05) is 17.7 Å². The van der Waals surface area contributed by atoms with Crippen LogP contribution in [0, 0.1) is 27.7 Å². The number of nitrogens with zero attached hydrogens (tertiary/aromatic N) is 2. The van der Waals surface area contributed by atoms with Crippen molar-refractivity contribution in [2.24, 2.45) is 7.05 Å². The molecule has 0 N–H and O–H groups in total. The molecule has 1 aromatic heterocycles. The van der Waals surface area contributed by atoms with Crippen molar-refractivity contribution in [2.45, 2.75) is 27.7 Å². The highest BCUT2D eigenvalue weighted by molar-refractivity contribution is 5.49. The molecule has 84 valence electrons. The minimum Gasteiger partial charge on any atom is -0.239 e. The lowest BCUT2D eigenvalue weighted by Gasteiger charge is -2.08. The Morgan fingerprint density at radius 1 is 1.00 bits per heavy atom. The van der Waals surface area contributed by atoms with Gasteiger partial charge in [-0.25, -0.2) is 4.57 Å². The monoisotopic (exact) mass is 215 g/mol. The molecule has 0 fully saturated rings. The Morgan fingerprint density at radius 2 is 1.56 bits per heavy atom. The fourth-order valence-corrected chi connectivity index (χ4v) is 2.45. The highest BCUT2D eigenvalue weighted by Gasteiger charge is 2.15. The van der Waals surface area contributed by atoms with Gasteiger partial charge in [-0.15, -0.1) is 0 Å². The fourth-order valence-electron chi connectivity index (χ4n) is 2.45. The van der Waals surface area contributed by atoms with Crippen molar-refractivity contribution in [3.05, 3.63) is 47.0 Å². The maximum absolute atomic E-state index is 2.25. The summed E-state index contributed by atoms with van der Waals surface area (Å²) in [5.41, 5.74) is 6.56. The van der Waals surface area contributed by atoms with E-state index in [1.807, 2.05) is 0 Å². The molecule has 0 bridgehead atoms. The van der Waals surface area contributed by atoms with E-state index in [-0.39, 0.29) is 0 Å². The van der Waals surface area contributed by atoms with E-state index in [4.69, 9.17) is 0 Å². The second-order valence-electron chi connectivity index (χ2n) is 4.67. The first kappa shape index (κ1) is 10.9. The quantitative estimate of drug-likeness (QED) is 0.646. The average Bonchev–Trinajstić information content (AvgIpc) is 2.43. The fraction of sp³-hybridized carbons (Fsp3) is 0.357. The summed E-state index contributed by atoms with van der Waals surface area (Å²) < 4.78 is 4.35. The molecule has 0 aliphatic carbocycles. The molecule has 0 radical (unpaired) electrons. The van der Waals surface area contributed by atoms with Crippen molar-refractivity contribution in [1.29, 1.82) is 0 Å². The topological polar surface area (TPSA) is 8.81 Å². The number of aryl methyl sites for hydroxylation is 5. The van der Waals surface area contributed by atoms with Crippen molar-refractivity contribution in [2.75, 3.05) is 0 Å². The third-order valence-electron chi connectivity index (χ3n) is 2.94. The standard InChI is InChI=1S/C14H19N2/c1-10-6-11(2)14(12(3)7-10)16-9-15(5)8-13(16)4/h6-9H,1-5H3/q+1.